The van der Waals surface area contributed by atoms with Crippen molar-refractivity contribution in [1.82, 2.24) is 14.7 Å². The van der Waals surface area contributed by atoms with Crippen molar-refractivity contribution in [3.8, 4) is 0 Å². The topological polar surface area (TPSA) is 75.4 Å². The minimum atomic E-state index is -4.57. The van der Waals surface area contributed by atoms with Gasteiger partial charge in [0.1, 0.15) is 12.6 Å². The van der Waals surface area contributed by atoms with Crippen LogP contribution in [-0.2, 0) is 22.3 Å². The van der Waals surface area contributed by atoms with Crippen LogP contribution in [-0.4, -0.2) is 44.3 Å². The van der Waals surface area contributed by atoms with Crippen LogP contribution in [0.5, 0.6) is 0 Å². The molecular formula is C12H14F3N3O3. The van der Waals surface area contributed by atoms with Gasteiger partial charge in [0.05, 0.1) is 0 Å². The first-order valence-corrected chi connectivity index (χ1v) is 6.33. The number of hydrogen-bond acceptors (Lipinski definition) is 3. The van der Waals surface area contributed by atoms with Gasteiger partial charge in [-0.3, -0.25) is 9.48 Å². The fraction of sp³-hybridized carbons (Fsp3) is 0.583. The van der Waals surface area contributed by atoms with E-state index < -0.39 is 36.3 Å². The zero-order valence-electron chi connectivity index (χ0n) is 11.2. The highest BCUT2D eigenvalue weighted by atomic mass is 19.4. The zero-order chi connectivity index (χ0) is 15.8. The second kappa shape index (κ2) is 5.38. The van der Waals surface area contributed by atoms with E-state index in [0.29, 0.717) is 19.4 Å². The van der Waals surface area contributed by atoms with Crippen LogP contribution >= 0.6 is 0 Å². The number of hydrogen-bond donors (Lipinski definition) is 1. The Morgan fingerprint density at radius 1 is 1.48 bits per heavy atom. The molecule has 0 bridgehead atoms. The molecule has 1 N–H and O–H groups in total. The fourth-order valence-corrected chi connectivity index (χ4v) is 2.43. The van der Waals surface area contributed by atoms with Crippen molar-refractivity contribution in [3.05, 3.63) is 17.5 Å². The summed E-state index contributed by atoms with van der Waals surface area (Å²) in [5.74, 6) is -1.65. The standard InChI is InChI=1S/C12H14F3N3O3/c1-7-5-17(16-10(7)12(13,14)15)6-9(19)18-4-2-3-8(18)11(20)21/h5,8H,2-4,6H2,1H3,(H,20,21). The SMILES string of the molecule is Cc1cn(CC(=O)N2CCCC2C(=O)O)nc1C(F)(F)F. The first kappa shape index (κ1) is 15.3. The number of halogens is 3. The number of carboxylic acids is 1. The smallest absolute Gasteiger partial charge is 0.435 e. The Balaban J connectivity index is 2.12. The van der Waals surface area contributed by atoms with Crippen molar-refractivity contribution in [2.45, 2.75) is 38.5 Å². The van der Waals surface area contributed by atoms with Gasteiger partial charge in [0.2, 0.25) is 5.91 Å². The highest BCUT2D eigenvalue weighted by molar-refractivity contribution is 5.84. The number of carbonyl (C=O) groups is 2. The maximum absolute atomic E-state index is 12.6. The summed E-state index contributed by atoms with van der Waals surface area (Å²) in [6.45, 7) is 1.15. The van der Waals surface area contributed by atoms with Crippen molar-refractivity contribution >= 4 is 11.9 Å². The second-order valence-electron chi connectivity index (χ2n) is 4.94. The molecule has 1 fully saturated rings. The molecule has 1 aliphatic rings. The Labute approximate surface area is 118 Å². The van der Waals surface area contributed by atoms with Gasteiger partial charge in [0, 0.05) is 12.7 Å². The van der Waals surface area contributed by atoms with Gasteiger partial charge >= 0.3 is 12.1 Å². The molecule has 0 radical (unpaired) electrons. The molecule has 0 aliphatic carbocycles. The summed E-state index contributed by atoms with van der Waals surface area (Å²) in [5.41, 5.74) is -1.11. The lowest BCUT2D eigenvalue weighted by molar-refractivity contribution is -0.148. The van der Waals surface area contributed by atoms with E-state index in [0.717, 1.165) is 10.9 Å². The quantitative estimate of drug-likeness (QED) is 0.913. The normalized spacial score (nSPS) is 19.0. The van der Waals surface area contributed by atoms with E-state index >= 15 is 0 Å². The van der Waals surface area contributed by atoms with E-state index in [9.17, 15) is 22.8 Å². The molecule has 1 aliphatic heterocycles. The number of carboxylic acid groups (broad SMARTS) is 1. The van der Waals surface area contributed by atoms with Crippen LogP contribution in [0.3, 0.4) is 0 Å². The number of nitrogens with zero attached hydrogens (tertiary/aromatic N) is 3. The van der Waals surface area contributed by atoms with Crippen molar-refractivity contribution < 1.29 is 27.9 Å². The van der Waals surface area contributed by atoms with E-state index in [1.54, 1.807) is 0 Å². The average molecular weight is 305 g/mol. The van der Waals surface area contributed by atoms with Crippen LogP contribution in [0.25, 0.3) is 0 Å². The van der Waals surface area contributed by atoms with E-state index in [-0.39, 0.29) is 5.56 Å². The predicted molar refractivity (Wildman–Crippen MR) is 64.3 cm³/mol. The van der Waals surface area contributed by atoms with Crippen LogP contribution in [0.15, 0.2) is 6.20 Å². The molecule has 0 saturated carbocycles. The average Bonchev–Trinajstić information content (AvgIpc) is 2.94. The fourth-order valence-electron chi connectivity index (χ4n) is 2.43. The van der Waals surface area contributed by atoms with E-state index in [1.807, 2.05) is 0 Å². The predicted octanol–water partition coefficient (Wildman–Crippen LogP) is 1.29. The Bertz CT molecular complexity index is 568. The summed E-state index contributed by atoms with van der Waals surface area (Å²) >= 11 is 0. The Kier molecular flexibility index (Phi) is 3.93. The summed E-state index contributed by atoms with van der Waals surface area (Å²) in [5, 5.41) is 12.3. The molecule has 1 amide bonds. The summed E-state index contributed by atoms with van der Waals surface area (Å²) < 4.78 is 38.8. The summed E-state index contributed by atoms with van der Waals surface area (Å²) in [6, 6.07) is -0.906. The molecule has 0 aromatic carbocycles. The molecule has 1 saturated heterocycles. The number of aliphatic carboxylic acids is 1. The van der Waals surface area contributed by atoms with Crippen molar-refractivity contribution in [3.63, 3.8) is 0 Å². The van der Waals surface area contributed by atoms with Crippen LogP contribution in [0.4, 0.5) is 13.2 Å². The van der Waals surface area contributed by atoms with Crippen LogP contribution in [0, 0.1) is 6.92 Å². The number of rotatable bonds is 3. The molecule has 21 heavy (non-hydrogen) atoms. The summed E-state index contributed by atoms with van der Waals surface area (Å²) in [4.78, 5) is 24.2. The molecule has 9 heteroatoms. The molecule has 116 valence electrons. The van der Waals surface area contributed by atoms with Gasteiger partial charge in [-0.1, -0.05) is 0 Å². The van der Waals surface area contributed by atoms with E-state index in [1.165, 1.54) is 11.8 Å². The lowest BCUT2D eigenvalue weighted by Crippen LogP contribution is -2.42. The van der Waals surface area contributed by atoms with E-state index in [4.69, 9.17) is 5.11 Å². The van der Waals surface area contributed by atoms with Crippen molar-refractivity contribution in [2.75, 3.05) is 6.54 Å². The largest absolute Gasteiger partial charge is 0.480 e. The third kappa shape index (κ3) is 3.17. The minimum Gasteiger partial charge on any atom is -0.480 e. The highest BCUT2D eigenvalue weighted by Gasteiger charge is 2.37. The van der Waals surface area contributed by atoms with Gasteiger partial charge in [-0.2, -0.15) is 18.3 Å². The highest BCUT2D eigenvalue weighted by Crippen LogP contribution is 2.30. The molecule has 1 atom stereocenters. The van der Waals surface area contributed by atoms with Crippen LogP contribution < -0.4 is 0 Å². The van der Waals surface area contributed by atoms with Gasteiger partial charge < -0.3 is 10.0 Å². The monoisotopic (exact) mass is 305 g/mol. The van der Waals surface area contributed by atoms with Crippen molar-refractivity contribution in [2.24, 2.45) is 0 Å². The van der Waals surface area contributed by atoms with Gasteiger partial charge in [-0.15, -0.1) is 0 Å². The van der Waals surface area contributed by atoms with Gasteiger partial charge in [0.25, 0.3) is 0 Å². The second-order valence-corrected chi connectivity index (χ2v) is 4.94. The molecule has 0 spiro atoms. The van der Waals surface area contributed by atoms with Gasteiger partial charge in [-0.05, 0) is 25.3 Å². The Hall–Kier alpha value is -2.06. The number of aromatic nitrogens is 2. The summed E-state index contributed by atoms with van der Waals surface area (Å²) in [7, 11) is 0. The Morgan fingerprint density at radius 2 is 2.14 bits per heavy atom. The third-order valence-electron chi connectivity index (χ3n) is 3.37. The first-order valence-electron chi connectivity index (χ1n) is 6.33. The number of carbonyl (C=O) groups excluding carboxylic acids is 1. The molecule has 2 rings (SSSR count). The molecule has 2 heterocycles. The van der Waals surface area contributed by atoms with E-state index in [2.05, 4.69) is 5.10 Å². The number of likely N-dealkylation sites (tertiary alicyclic amines) is 1. The zero-order valence-corrected chi connectivity index (χ0v) is 11.2. The van der Waals surface area contributed by atoms with Crippen molar-refractivity contribution in [1.29, 1.82) is 0 Å². The maximum Gasteiger partial charge on any atom is 0.435 e. The Morgan fingerprint density at radius 3 is 2.67 bits per heavy atom. The van der Waals surface area contributed by atoms with Crippen LogP contribution in [0.2, 0.25) is 0 Å². The molecule has 1 aromatic heterocycles. The van der Waals surface area contributed by atoms with Crippen LogP contribution in [0.1, 0.15) is 24.1 Å². The molecule has 6 nitrogen and oxygen atoms in total. The maximum atomic E-state index is 12.6. The minimum absolute atomic E-state index is 0.0773. The van der Waals surface area contributed by atoms with Gasteiger partial charge in [-0.25, -0.2) is 4.79 Å². The van der Waals surface area contributed by atoms with Gasteiger partial charge in [0.15, 0.2) is 5.69 Å². The molecule has 1 aromatic rings. The number of aryl methyl sites for hydroxylation is 1. The first-order chi connectivity index (χ1) is 9.70. The number of alkyl halides is 3. The lowest BCUT2D eigenvalue weighted by Gasteiger charge is -2.21. The summed E-state index contributed by atoms with van der Waals surface area (Å²) in [6.07, 6.45) is -2.52. The lowest BCUT2D eigenvalue weighted by atomic mass is 10.2. The molecule has 1 unspecified atom stereocenters. The third-order valence-corrected chi connectivity index (χ3v) is 3.37. The number of amides is 1. The molecular weight excluding hydrogens is 291 g/mol.